The summed E-state index contributed by atoms with van der Waals surface area (Å²) in [6.45, 7) is 0.374. The van der Waals surface area contributed by atoms with Crippen LogP contribution in [0.15, 0.2) is 36.0 Å². The Kier molecular flexibility index (Phi) is 5.71. The van der Waals surface area contributed by atoms with Gasteiger partial charge in [0, 0.05) is 18.8 Å². The fraction of sp³-hybridized carbons (Fsp3) is 0.526. The molecule has 0 bridgehead atoms. The van der Waals surface area contributed by atoms with Crippen molar-refractivity contribution in [2.24, 2.45) is 5.73 Å². The predicted molar refractivity (Wildman–Crippen MR) is 94.1 cm³/mol. The molecule has 136 valence electrons. The minimum Gasteiger partial charge on any atom is -0.394 e. The molecule has 25 heavy (non-hydrogen) atoms. The average Bonchev–Trinajstić information content (AvgIpc) is 2.59. The van der Waals surface area contributed by atoms with Gasteiger partial charge in [-0.3, -0.25) is 4.79 Å². The van der Waals surface area contributed by atoms with Crippen molar-refractivity contribution in [1.82, 2.24) is 10.2 Å². The molecule has 2 aliphatic rings. The van der Waals surface area contributed by atoms with E-state index in [1.54, 1.807) is 12.1 Å². The summed E-state index contributed by atoms with van der Waals surface area (Å²) in [4.78, 5) is 14.3. The molecular weight excluding hydrogens is 321 g/mol. The maximum absolute atomic E-state index is 13.1. The molecule has 3 atom stereocenters. The Morgan fingerprint density at radius 2 is 2.08 bits per heavy atom. The van der Waals surface area contributed by atoms with Gasteiger partial charge in [0.25, 0.3) is 0 Å². The smallest absolute Gasteiger partial charge is 0.245 e. The highest BCUT2D eigenvalue weighted by molar-refractivity contribution is 5.83. The van der Waals surface area contributed by atoms with Crippen molar-refractivity contribution in [3.8, 4) is 0 Å². The third-order valence-electron chi connectivity index (χ3n) is 5.09. The van der Waals surface area contributed by atoms with E-state index >= 15 is 0 Å². The van der Waals surface area contributed by atoms with Gasteiger partial charge in [-0.2, -0.15) is 0 Å². The molecule has 1 aliphatic carbocycles. The number of carbonyl (C=O) groups is 1. The molecule has 1 aromatic rings. The lowest BCUT2D eigenvalue weighted by Crippen LogP contribution is -2.60. The van der Waals surface area contributed by atoms with Crippen LogP contribution in [0, 0.1) is 5.82 Å². The Hall–Kier alpha value is -1.92. The molecule has 1 aromatic carbocycles. The molecule has 0 aromatic heterocycles. The zero-order chi connectivity index (χ0) is 17.8. The predicted octanol–water partition coefficient (Wildman–Crippen LogP) is 1.31. The molecule has 2 fully saturated rings. The summed E-state index contributed by atoms with van der Waals surface area (Å²) in [7, 11) is 0. The first-order valence-electron chi connectivity index (χ1n) is 8.94. The summed E-state index contributed by atoms with van der Waals surface area (Å²) in [6.07, 6.45) is 6.77. The number of halogens is 1. The minimum atomic E-state index is -0.578. The first-order chi connectivity index (χ1) is 12.1. The van der Waals surface area contributed by atoms with Crippen LogP contribution in [0.25, 0.3) is 0 Å². The standard InChI is InChI=1S/C19H26FN3O2/c20-15-7-5-13(6-8-15)9-16-11-23(18(12-24)19(25)22-16)10-14-3-1-2-4-17(14)21/h5-8,10,16-18,24H,1-4,9,11-12,21H2,(H,22,25)/b14-10-/t16-,17+,18-/m0/s1. The van der Waals surface area contributed by atoms with Crippen LogP contribution in [0.2, 0.25) is 0 Å². The summed E-state index contributed by atoms with van der Waals surface area (Å²) in [5.41, 5.74) is 8.32. The van der Waals surface area contributed by atoms with Crippen LogP contribution in [-0.2, 0) is 11.2 Å². The molecule has 1 amide bonds. The molecule has 5 nitrogen and oxygen atoms in total. The van der Waals surface area contributed by atoms with Crippen LogP contribution < -0.4 is 11.1 Å². The van der Waals surface area contributed by atoms with Gasteiger partial charge in [-0.25, -0.2) is 4.39 Å². The van der Waals surface area contributed by atoms with Crippen molar-refractivity contribution in [2.75, 3.05) is 13.2 Å². The Labute approximate surface area is 147 Å². The first kappa shape index (κ1) is 17.9. The summed E-state index contributed by atoms with van der Waals surface area (Å²) in [5, 5.41) is 12.6. The van der Waals surface area contributed by atoms with Gasteiger partial charge in [0.15, 0.2) is 0 Å². The molecule has 0 unspecified atom stereocenters. The summed E-state index contributed by atoms with van der Waals surface area (Å²) in [5.74, 6) is -0.448. The number of benzene rings is 1. The number of rotatable bonds is 4. The van der Waals surface area contributed by atoms with Crippen molar-refractivity contribution >= 4 is 5.91 Å². The van der Waals surface area contributed by atoms with Gasteiger partial charge < -0.3 is 21.1 Å². The number of nitrogens with one attached hydrogen (secondary N) is 1. The van der Waals surface area contributed by atoms with Gasteiger partial charge in [-0.1, -0.05) is 18.6 Å². The molecule has 1 heterocycles. The van der Waals surface area contributed by atoms with E-state index in [4.69, 9.17) is 5.73 Å². The highest BCUT2D eigenvalue weighted by Gasteiger charge is 2.33. The van der Waals surface area contributed by atoms with Crippen LogP contribution in [0.4, 0.5) is 4.39 Å². The molecule has 1 saturated heterocycles. The fourth-order valence-electron chi connectivity index (χ4n) is 3.66. The lowest BCUT2D eigenvalue weighted by atomic mass is 9.90. The number of nitrogens with zero attached hydrogens (tertiary/aromatic N) is 1. The number of carbonyl (C=O) groups excluding carboxylic acids is 1. The number of nitrogens with two attached hydrogens (primary N) is 1. The SMILES string of the molecule is N[C@@H]1CCCC/C1=C/N1C[C@H](Cc2ccc(F)cc2)NC(=O)[C@@H]1CO. The minimum absolute atomic E-state index is 0.0358. The van der Waals surface area contributed by atoms with Crippen molar-refractivity contribution < 1.29 is 14.3 Å². The van der Waals surface area contributed by atoms with Crippen LogP contribution in [0.1, 0.15) is 31.2 Å². The second kappa shape index (κ2) is 7.97. The van der Waals surface area contributed by atoms with E-state index in [1.165, 1.54) is 12.1 Å². The Morgan fingerprint density at radius 3 is 2.76 bits per heavy atom. The van der Waals surface area contributed by atoms with E-state index in [2.05, 4.69) is 5.32 Å². The Bertz CT molecular complexity index is 632. The van der Waals surface area contributed by atoms with Gasteiger partial charge in [0.1, 0.15) is 11.9 Å². The van der Waals surface area contributed by atoms with Crippen LogP contribution in [0.3, 0.4) is 0 Å². The number of piperazine rings is 1. The van der Waals surface area contributed by atoms with Gasteiger partial charge in [-0.05, 0) is 49.0 Å². The summed E-state index contributed by atoms with van der Waals surface area (Å²) < 4.78 is 13.1. The zero-order valence-corrected chi connectivity index (χ0v) is 14.3. The third kappa shape index (κ3) is 4.38. The molecule has 3 rings (SSSR count). The molecule has 1 saturated carbocycles. The summed E-state index contributed by atoms with van der Waals surface area (Å²) in [6, 6.07) is 5.70. The van der Waals surface area contributed by atoms with Gasteiger partial charge >= 0.3 is 0 Å². The largest absolute Gasteiger partial charge is 0.394 e. The quantitative estimate of drug-likeness (QED) is 0.767. The third-order valence-corrected chi connectivity index (χ3v) is 5.09. The average molecular weight is 347 g/mol. The maximum atomic E-state index is 13.1. The molecule has 1 aliphatic heterocycles. The number of hydrogen-bond donors (Lipinski definition) is 3. The van der Waals surface area contributed by atoms with Gasteiger partial charge in [0.05, 0.1) is 12.6 Å². The lowest BCUT2D eigenvalue weighted by Gasteiger charge is -2.39. The topological polar surface area (TPSA) is 78.6 Å². The normalized spacial score (nSPS) is 28.9. The number of hydrogen-bond acceptors (Lipinski definition) is 4. The highest BCUT2D eigenvalue weighted by Crippen LogP contribution is 2.24. The monoisotopic (exact) mass is 347 g/mol. The van der Waals surface area contributed by atoms with E-state index in [0.29, 0.717) is 13.0 Å². The second-order valence-electron chi connectivity index (χ2n) is 6.99. The van der Waals surface area contributed by atoms with Gasteiger partial charge in [0.2, 0.25) is 5.91 Å². The lowest BCUT2D eigenvalue weighted by molar-refractivity contribution is -0.130. The van der Waals surface area contributed by atoms with E-state index < -0.39 is 6.04 Å². The first-order valence-corrected chi connectivity index (χ1v) is 8.94. The van der Waals surface area contributed by atoms with E-state index in [9.17, 15) is 14.3 Å². The van der Waals surface area contributed by atoms with Crippen molar-refractivity contribution in [1.29, 1.82) is 0 Å². The molecule has 0 spiro atoms. The Balaban J connectivity index is 1.74. The van der Waals surface area contributed by atoms with Crippen molar-refractivity contribution in [2.45, 2.75) is 50.2 Å². The van der Waals surface area contributed by atoms with Crippen LogP contribution >= 0.6 is 0 Å². The van der Waals surface area contributed by atoms with E-state index in [1.807, 2.05) is 11.1 Å². The Morgan fingerprint density at radius 1 is 1.32 bits per heavy atom. The van der Waals surface area contributed by atoms with Crippen molar-refractivity contribution in [3.05, 3.63) is 47.4 Å². The number of aliphatic hydroxyl groups is 1. The van der Waals surface area contributed by atoms with E-state index in [-0.39, 0.29) is 30.4 Å². The number of aliphatic hydroxyl groups excluding tert-OH is 1. The second-order valence-corrected chi connectivity index (χ2v) is 6.99. The van der Waals surface area contributed by atoms with Crippen LogP contribution in [0.5, 0.6) is 0 Å². The maximum Gasteiger partial charge on any atom is 0.245 e. The summed E-state index contributed by atoms with van der Waals surface area (Å²) >= 11 is 0. The molecule has 6 heteroatoms. The zero-order valence-electron chi connectivity index (χ0n) is 14.3. The molecular formula is C19H26FN3O2. The van der Waals surface area contributed by atoms with Crippen LogP contribution in [-0.4, -0.2) is 47.2 Å². The molecule has 4 N–H and O–H groups in total. The number of amides is 1. The highest BCUT2D eigenvalue weighted by atomic mass is 19.1. The molecule has 0 radical (unpaired) electrons. The fourth-order valence-corrected chi connectivity index (χ4v) is 3.66. The van der Waals surface area contributed by atoms with E-state index in [0.717, 1.165) is 36.8 Å². The van der Waals surface area contributed by atoms with Gasteiger partial charge in [-0.15, -0.1) is 0 Å². The van der Waals surface area contributed by atoms with Crippen molar-refractivity contribution in [3.63, 3.8) is 0 Å².